The van der Waals surface area contributed by atoms with Crippen molar-refractivity contribution >= 4 is 16.8 Å². The topological polar surface area (TPSA) is 52.3 Å². The number of thioether (sulfide) groups is 1. The Balaban J connectivity index is 1.93. The van der Waals surface area contributed by atoms with Gasteiger partial charge < -0.3 is 9.40 Å². The first-order valence-electron chi connectivity index (χ1n) is 5.77. The average Bonchev–Trinajstić information content (AvgIpc) is 2.79. The van der Waals surface area contributed by atoms with E-state index in [9.17, 15) is 0 Å². The summed E-state index contributed by atoms with van der Waals surface area (Å²) >= 11 is 1.68. The van der Waals surface area contributed by atoms with Gasteiger partial charge in [-0.3, -0.25) is 0 Å². The van der Waals surface area contributed by atoms with Gasteiger partial charge in [-0.2, -0.15) is 0 Å². The molecule has 1 aromatic rings. The van der Waals surface area contributed by atoms with Gasteiger partial charge in [0.1, 0.15) is 22.3 Å². The summed E-state index contributed by atoms with van der Waals surface area (Å²) < 4.78 is 2.05. The fraction of sp³-hybridized carbons (Fsp3) is 0.727. The highest BCUT2D eigenvalue weighted by atomic mass is 32.2. The lowest BCUT2D eigenvalue weighted by Gasteiger charge is -2.12. The minimum Gasteiger partial charge on any atom is -0.389 e. The highest BCUT2D eigenvalue weighted by molar-refractivity contribution is 8.13. The lowest BCUT2D eigenvalue weighted by molar-refractivity contribution is 0.0123. The Morgan fingerprint density at radius 2 is 2.06 bits per heavy atom. The molecule has 2 rings (SSSR count). The Hall–Kier alpha value is -1.04. The number of oxime groups is 1. The molecular formula is C11H18N4OS. The summed E-state index contributed by atoms with van der Waals surface area (Å²) in [7, 11) is 2.01. The standard InChI is InChI=1S/C11H18N4OS/c1-5-8-12-13-9(15(8)4)7-17-10-6-11(2,3)16-14-10/h5-7H2,1-4H3. The molecule has 1 aliphatic heterocycles. The van der Waals surface area contributed by atoms with Crippen molar-refractivity contribution in [2.24, 2.45) is 12.2 Å². The number of hydrogen-bond donors (Lipinski definition) is 0. The molecule has 0 saturated carbocycles. The van der Waals surface area contributed by atoms with E-state index in [0.29, 0.717) is 0 Å². The second-order valence-corrected chi connectivity index (χ2v) is 5.80. The summed E-state index contributed by atoms with van der Waals surface area (Å²) in [6, 6.07) is 0. The van der Waals surface area contributed by atoms with Crippen LogP contribution in [0.1, 0.15) is 38.8 Å². The third-order valence-corrected chi connectivity index (χ3v) is 3.67. The van der Waals surface area contributed by atoms with Gasteiger partial charge in [0, 0.05) is 19.9 Å². The van der Waals surface area contributed by atoms with Crippen molar-refractivity contribution in [3.05, 3.63) is 11.6 Å². The maximum absolute atomic E-state index is 5.32. The van der Waals surface area contributed by atoms with Crippen LogP contribution in [-0.4, -0.2) is 25.4 Å². The maximum Gasteiger partial charge on any atom is 0.143 e. The molecule has 0 saturated heterocycles. The quantitative estimate of drug-likeness (QED) is 0.829. The molecule has 0 atom stereocenters. The lowest BCUT2D eigenvalue weighted by atomic mass is 10.1. The number of rotatable bonds is 3. The summed E-state index contributed by atoms with van der Waals surface area (Å²) in [5.41, 5.74) is -0.156. The highest BCUT2D eigenvalue weighted by Crippen LogP contribution is 2.28. The van der Waals surface area contributed by atoms with Crippen LogP contribution in [0.2, 0.25) is 0 Å². The first kappa shape index (κ1) is 12.4. The lowest BCUT2D eigenvalue weighted by Crippen LogP contribution is -2.18. The summed E-state index contributed by atoms with van der Waals surface area (Å²) in [6.45, 7) is 6.17. The minimum absolute atomic E-state index is 0.156. The van der Waals surface area contributed by atoms with E-state index in [2.05, 4.69) is 26.8 Å². The Kier molecular flexibility index (Phi) is 3.42. The van der Waals surface area contributed by atoms with Crippen LogP contribution in [0.25, 0.3) is 0 Å². The van der Waals surface area contributed by atoms with Crippen LogP contribution < -0.4 is 0 Å². The highest BCUT2D eigenvalue weighted by Gasteiger charge is 2.29. The molecule has 1 aromatic heterocycles. The van der Waals surface area contributed by atoms with Gasteiger partial charge in [0.2, 0.25) is 0 Å². The molecule has 0 spiro atoms. The zero-order chi connectivity index (χ0) is 12.5. The second kappa shape index (κ2) is 4.68. The molecule has 0 amide bonds. The van der Waals surface area contributed by atoms with Crippen molar-refractivity contribution in [2.45, 2.75) is 45.0 Å². The molecule has 2 heterocycles. The Bertz CT molecular complexity index is 439. The van der Waals surface area contributed by atoms with Crippen LogP contribution >= 0.6 is 11.8 Å². The first-order chi connectivity index (χ1) is 8.02. The van der Waals surface area contributed by atoms with E-state index in [4.69, 9.17) is 4.84 Å². The molecule has 0 unspecified atom stereocenters. The predicted octanol–water partition coefficient (Wildman–Crippen LogP) is 2.12. The molecule has 0 fully saturated rings. The number of hydrogen-bond acceptors (Lipinski definition) is 5. The van der Waals surface area contributed by atoms with E-state index in [0.717, 1.165) is 35.3 Å². The van der Waals surface area contributed by atoms with E-state index in [1.165, 1.54) is 0 Å². The normalized spacial score (nSPS) is 18.0. The summed E-state index contributed by atoms with van der Waals surface area (Å²) in [6.07, 6.45) is 1.78. The molecule has 0 aliphatic carbocycles. The maximum atomic E-state index is 5.32. The molecule has 0 radical (unpaired) electrons. The Morgan fingerprint density at radius 3 is 2.59 bits per heavy atom. The second-order valence-electron chi connectivity index (χ2n) is 4.75. The van der Waals surface area contributed by atoms with Gasteiger partial charge >= 0.3 is 0 Å². The van der Waals surface area contributed by atoms with Crippen molar-refractivity contribution in [2.75, 3.05) is 0 Å². The van der Waals surface area contributed by atoms with E-state index in [-0.39, 0.29) is 5.60 Å². The Labute approximate surface area is 106 Å². The predicted molar refractivity (Wildman–Crippen MR) is 68.9 cm³/mol. The Morgan fingerprint density at radius 1 is 1.35 bits per heavy atom. The van der Waals surface area contributed by atoms with Crippen molar-refractivity contribution in [1.82, 2.24) is 14.8 Å². The molecule has 5 nitrogen and oxygen atoms in total. The van der Waals surface area contributed by atoms with Crippen molar-refractivity contribution in [3.63, 3.8) is 0 Å². The molecule has 0 aromatic carbocycles. The smallest absolute Gasteiger partial charge is 0.143 e. The van der Waals surface area contributed by atoms with Crippen LogP contribution in [0, 0.1) is 0 Å². The molecule has 0 bridgehead atoms. The third kappa shape index (κ3) is 2.80. The van der Waals surface area contributed by atoms with Crippen LogP contribution in [0.15, 0.2) is 5.16 Å². The average molecular weight is 254 g/mol. The van der Waals surface area contributed by atoms with E-state index in [1.54, 1.807) is 11.8 Å². The molecule has 94 valence electrons. The summed E-state index contributed by atoms with van der Waals surface area (Å²) in [4.78, 5) is 5.32. The van der Waals surface area contributed by atoms with Gasteiger partial charge in [-0.05, 0) is 13.8 Å². The van der Waals surface area contributed by atoms with Gasteiger partial charge in [-0.15, -0.1) is 10.2 Å². The minimum atomic E-state index is -0.156. The third-order valence-electron chi connectivity index (χ3n) is 2.71. The van der Waals surface area contributed by atoms with E-state index in [1.807, 2.05) is 20.9 Å². The van der Waals surface area contributed by atoms with Gasteiger partial charge in [-0.1, -0.05) is 23.8 Å². The molecule has 0 N–H and O–H groups in total. The fourth-order valence-corrected chi connectivity index (χ4v) is 2.75. The monoisotopic (exact) mass is 254 g/mol. The fourth-order valence-electron chi connectivity index (χ4n) is 1.66. The number of aryl methyl sites for hydroxylation is 1. The SMILES string of the molecule is CCc1nnc(CSC2=NOC(C)(C)C2)n1C. The largest absolute Gasteiger partial charge is 0.389 e. The van der Waals surface area contributed by atoms with Crippen LogP contribution in [0.5, 0.6) is 0 Å². The van der Waals surface area contributed by atoms with Crippen LogP contribution in [-0.2, 0) is 24.1 Å². The first-order valence-corrected chi connectivity index (χ1v) is 6.75. The van der Waals surface area contributed by atoms with E-state index < -0.39 is 0 Å². The van der Waals surface area contributed by atoms with Crippen LogP contribution in [0.3, 0.4) is 0 Å². The molecule has 1 aliphatic rings. The summed E-state index contributed by atoms with van der Waals surface area (Å²) in [5.74, 6) is 2.80. The zero-order valence-electron chi connectivity index (χ0n) is 10.7. The van der Waals surface area contributed by atoms with Crippen molar-refractivity contribution in [1.29, 1.82) is 0 Å². The molecule has 6 heteroatoms. The van der Waals surface area contributed by atoms with Gasteiger partial charge in [0.05, 0.1) is 5.75 Å². The zero-order valence-corrected chi connectivity index (χ0v) is 11.5. The van der Waals surface area contributed by atoms with Gasteiger partial charge in [-0.25, -0.2) is 0 Å². The van der Waals surface area contributed by atoms with Crippen LogP contribution in [0.4, 0.5) is 0 Å². The van der Waals surface area contributed by atoms with E-state index >= 15 is 0 Å². The van der Waals surface area contributed by atoms with Gasteiger partial charge in [0.15, 0.2) is 0 Å². The molecule has 17 heavy (non-hydrogen) atoms. The molecular weight excluding hydrogens is 236 g/mol. The van der Waals surface area contributed by atoms with Crippen molar-refractivity contribution in [3.8, 4) is 0 Å². The van der Waals surface area contributed by atoms with Gasteiger partial charge in [0.25, 0.3) is 0 Å². The summed E-state index contributed by atoms with van der Waals surface area (Å²) in [5, 5.41) is 13.4. The van der Waals surface area contributed by atoms with Crippen molar-refractivity contribution < 1.29 is 4.84 Å². The number of nitrogens with zero attached hydrogens (tertiary/aromatic N) is 4. The number of aromatic nitrogens is 3.